The van der Waals surface area contributed by atoms with Crippen LogP contribution in [0.4, 0.5) is 4.79 Å². The monoisotopic (exact) mass is 449 g/mol. The number of imide groups is 1. The first-order valence-electron chi connectivity index (χ1n) is 10.4. The van der Waals surface area contributed by atoms with Crippen molar-refractivity contribution in [3.8, 4) is 0 Å². The van der Waals surface area contributed by atoms with Gasteiger partial charge in [-0.15, -0.1) is 11.3 Å². The lowest BCUT2D eigenvalue weighted by molar-refractivity contribution is -0.123. The number of nitrogens with one attached hydrogen (secondary N) is 2. The van der Waals surface area contributed by atoms with Gasteiger partial charge >= 0.3 is 12.0 Å². The molecular formula is C24H23N3O4S. The average Bonchev–Trinajstić information content (AvgIpc) is 3.40. The fourth-order valence-electron chi connectivity index (χ4n) is 3.72. The summed E-state index contributed by atoms with van der Waals surface area (Å²) in [5, 5.41) is 7.41. The molecule has 0 atom stereocenters. The Morgan fingerprint density at radius 1 is 1.16 bits per heavy atom. The van der Waals surface area contributed by atoms with Crippen LogP contribution >= 0.6 is 11.3 Å². The first-order chi connectivity index (χ1) is 15.4. The topological polar surface area (TPSA) is 97.4 Å². The summed E-state index contributed by atoms with van der Waals surface area (Å²) in [4.78, 5) is 42.7. The number of amides is 3. The van der Waals surface area contributed by atoms with Crippen LogP contribution in [0.5, 0.6) is 0 Å². The number of nitrogens with zero attached hydrogens (tertiary/aromatic N) is 1. The van der Waals surface area contributed by atoms with Crippen LogP contribution in [-0.4, -0.2) is 35.5 Å². The van der Waals surface area contributed by atoms with E-state index < -0.39 is 24.5 Å². The maximum atomic E-state index is 13.1. The molecule has 1 aliphatic carbocycles. The molecule has 1 aromatic carbocycles. The Hall–Kier alpha value is -3.52. The van der Waals surface area contributed by atoms with Crippen LogP contribution in [-0.2, 0) is 16.0 Å². The second-order valence-corrected chi connectivity index (χ2v) is 8.75. The predicted molar refractivity (Wildman–Crippen MR) is 124 cm³/mol. The van der Waals surface area contributed by atoms with Crippen molar-refractivity contribution in [2.24, 2.45) is 0 Å². The first kappa shape index (κ1) is 21.7. The number of benzene rings is 1. The third-order valence-electron chi connectivity index (χ3n) is 5.01. The molecule has 7 nitrogen and oxygen atoms in total. The van der Waals surface area contributed by atoms with Gasteiger partial charge in [-0.05, 0) is 61.4 Å². The van der Waals surface area contributed by atoms with Crippen LogP contribution in [0, 0.1) is 0 Å². The van der Waals surface area contributed by atoms with Gasteiger partial charge in [-0.3, -0.25) is 10.1 Å². The van der Waals surface area contributed by atoms with E-state index in [9.17, 15) is 14.4 Å². The molecular weight excluding hydrogens is 426 g/mol. The Morgan fingerprint density at radius 2 is 1.97 bits per heavy atom. The van der Waals surface area contributed by atoms with E-state index >= 15 is 0 Å². The molecule has 3 amide bonds. The van der Waals surface area contributed by atoms with Crippen molar-refractivity contribution in [2.45, 2.75) is 32.7 Å². The Balaban J connectivity index is 1.60. The van der Waals surface area contributed by atoms with E-state index in [1.165, 1.54) is 0 Å². The summed E-state index contributed by atoms with van der Waals surface area (Å²) in [5.74, 6) is -1.29. The number of allylic oxidation sites excluding steroid dienone is 1. The molecule has 0 radical (unpaired) electrons. The van der Waals surface area contributed by atoms with Crippen molar-refractivity contribution in [2.75, 3.05) is 6.61 Å². The molecule has 0 bridgehead atoms. The summed E-state index contributed by atoms with van der Waals surface area (Å²) in [6, 6.07) is 10.7. The van der Waals surface area contributed by atoms with Gasteiger partial charge in [0.25, 0.3) is 5.91 Å². The van der Waals surface area contributed by atoms with E-state index in [1.54, 1.807) is 25.2 Å². The molecule has 164 valence electrons. The van der Waals surface area contributed by atoms with Gasteiger partial charge in [0.2, 0.25) is 0 Å². The highest BCUT2D eigenvalue weighted by Crippen LogP contribution is 2.38. The van der Waals surface area contributed by atoms with Crippen molar-refractivity contribution in [1.82, 2.24) is 15.6 Å². The Bertz CT molecular complexity index is 1220. The van der Waals surface area contributed by atoms with Crippen LogP contribution in [0.2, 0.25) is 0 Å². The number of hydrogen-bond donors (Lipinski definition) is 2. The third-order valence-corrected chi connectivity index (χ3v) is 5.83. The summed E-state index contributed by atoms with van der Waals surface area (Å²) in [7, 11) is 0. The molecule has 0 fully saturated rings. The minimum atomic E-state index is -0.690. The largest absolute Gasteiger partial charge is 0.452 e. The third kappa shape index (κ3) is 4.70. The van der Waals surface area contributed by atoms with Crippen molar-refractivity contribution < 1.29 is 19.1 Å². The van der Waals surface area contributed by atoms with E-state index in [4.69, 9.17) is 9.72 Å². The number of para-hydroxylation sites is 1. The second-order valence-electron chi connectivity index (χ2n) is 7.77. The molecule has 0 spiro atoms. The zero-order valence-corrected chi connectivity index (χ0v) is 18.6. The molecule has 0 saturated carbocycles. The fourth-order valence-corrected chi connectivity index (χ4v) is 4.40. The normalized spacial score (nSPS) is 13.9. The van der Waals surface area contributed by atoms with E-state index in [-0.39, 0.29) is 6.04 Å². The molecule has 0 saturated heterocycles. The number of hydrogen-bond acceptors (Lipinski definition) is 6. The number of esters is 1. The van der Waals surface area contributed by atoms with Gasteiger partial charge in [-0.1, -0.05) is 24.3 Å². The summed E-state index contributed by atoms with van der Waals surface area (Å²) >= 11 is 1.65. The number of urea groups is 1. The van der Waals surface area contributed by atoms with Crippen LogP contribution in [0.1, 0.15) is 46.8 Å². The number of thiophene rings is 1. The summed E-state index contributed by atoms with van der Waals surface area (Å²) in [6.45, 7) is 3.01. The Morgan fingerprint density at radius 3 is 2.72 bits per heavy atom. The molecule has 0 aliphatic heterocycles. The molecule has 1 aliphatic rings. The van der Waals surface area contributed by atoms with Crippen LogP contribution < -0.4 is 10.6 Å². The average molecular weight is 450 g/mol. The van der Waals surface area contributed by atoms with Gasteiger partial charge in [-0.2, -0.15) is 0 Å². The van der Waals surface area contributed by atoms with E-state index in [0.29, 0.717) is 22.9 Å². The van der Waals surface area contributed by atoms with Gasteiger partial charge < -0.3 is 10.1 Å². The van der Waals surface area contributed by atoms with Gasteiger partial charge in [0.1, 0.15) is 0 Å². The van der Waals surface area contributed by atoms with Crippen molar-refractivity contribution in [1.29, 1.82) is 0 Å². The van der Waals surface area contributed by atoms with Crippen molar-refractivity contribution in [3.05, 3.63) is 63.5 Å². The van der Waals surface area contributed by atoms with Crippen LogP contribution in [0.25, 0.3) is 22.6 Å². The highest BCUT2D eigenvalue weighted by atomic mass is 32.1. The molecule has 32 heavy (non-hydrogen) atoms. The van der Waals surface area contributed by atoms with E-state index in [0.717, 1.165) is 28.1 Å². The first-order valence-corrected chi connectivity index (χ1v) is 11.2. The highest BCUT2D eigenvalue weighted by molar-refractivity contribution is 7.10. The highest BCUT2D eigenvalue weighted by Gasteiger charge is 2.28. The summed E-state index contributed by atoms with van der Waals surface area (Å²) in [5.41, 5.74) is 3.82. The minimum absolute atomic E-state index is 0.118. The summed E-state index contributed by atoms with van der Waals surface area (Å²) < 4.78 is 5.29. The van der Waals surface area contributed by atoms with Crippen LogP contribution in [0.15, 0.2) is 41.8 Å². The lowest BCUT2D eigenvalue weighted by Crippen LogP contribution is -2.44. The Labute approximate surface area is 189 Å². The van der Waals surface area contributed by atoms with Crippen molar-refractivity contribution >= 4 is 51.8 Å². The number of carbonyl (C=O) groups excluding carboxylic acids is 3. The summed E-state index contributed by atoms with van der Waals surface area (Å²) in [6.07, 6.45) is 3.54. The fraction of sp³-hybridized carbons (Fsp3) is 0.250. The number of fused-ring (bicyclic) bond motifs is 2. The standard InChI is InChI=1S/C24H23N3O4S/c1-14(2)25-24(30)27-20(28)13-31-23(29)21-17-7-3-4-8-19(17)26-22-15(9-10-18(21)22)12-16-6-5-11-32-16/h3-8,11-12,14H,9-10,13H2,1-2H3,(H2,25,27,28,30)/b15-12+. The maximum Gasteiger partial charge on any atom is 0.339 e. The van der Waals surface area contributed by atoms with Gasteiger partial charge in [0.15, 0.2) is 6.61 Å². The number of aromatic nitrogens is 1. The number of pyridine rings is 1. The lowest BCUT2D eigenvalue weighted by Gasteiger charge is -2.13. The molecule has 2 aromatic heterocycles. The zero-order valence-electron chi connectivity index (χ0n) is 17.8. The predicted octanol–water partition coefficient (Wildman–Crippen LogP) is 4.17. The second kappa shape index (κ2) is 9.32. The van der Waals surface area contributed by atoms with Gasteiger partial charge in [-0.25, -0.2) is 14.6 Å². The molecule has 2 heterocycles. The molecule has 4 rings (SSSR count). The molecule has 8 heteroatoms. The molecule has 3 aromatic rings. The molecule has 2 N–H and O–H groups in total. The van der Waals surface area contributed by atoms with Crippen LogP contribution in [0.3, 0.4) is 0 Å². The lowest BCUT2D eigenvalue weighted by atomic mass is 10.0. The van der Waals surface area contributed by atoms with Gasteiger partial charge in [0, 0.05) is 16.3 Å². The van der Waals surface area contributed by atoms with Crippen molar-refractivity contribution in [3.63, 3.8) is 0 Å². The quantitative estimate of drug-likeness (QED) is 0.570. The van der Waals surface area contributed by atoms with E-state index in [2.05, 4.69) is 16.7 Å². The number of ether oxygens (including phenoxy) is 1. The van der Waals surface area contributed by atoms with Gasteiger partial charge in [0.05, 0.1) is 16.8 Å². The maximum absolute atomic E-state index is 13.1. The number of carbonyl (C=O) groups is 3. The minimum Gasteiger partial charge on any atom is -0.452 e. The zero-order chi connectivity index (χ0) is 22.7. The number of rotatable bonds is 5. The van der Waals surface area contributed by atoms with E-state index in [1.807, 2.05) is 41.8 Å². The SMILES string of the molecule is CC(C)NC(=O)NC(=O)COC(=O)c1c2c(nc3ccccc13)/C(=C/c1cccs1)CC2. The smallest absolute Gasteiger partial charge is 0.339 e. The molecule has 0 unspecified atom stereocenters. The Kier molecular flexibility index (Phi) is 6.32.